The van der Waals surface area contributed by atoms with Crippen molar-refractivity contribution in [1.29, 1.82) is 0 Å². The number of thioether (sulfide) groups is 1. The molecular weight excluding hydrogens is 557 g/mol. The zero-order valence-electron chi connectivity index (χ0n) is 21.0. The highest BCUT2D eigenvalue weighted by atomic mass is 32.2. The molecule has 40 heavy (non-hydrogen) atoms. The smallest absolute Gasteiger partial charge is 0.250 e. The molecular formula is C31H22N4O2S3. The number of hydrogen-bond donors (Lipinski definition) is 1. The third-order valence-corrected chi connectivity index (χ3v) is 8.88. The first-order valence-electron chi connectivity index (χ1n) is 12.4. The van der Waals surface area contributed by atoms with Gasteiger partial charge in [-0.2, -0.15) is 0 Å². The van der Waals surface area contributed by atoms with E-state index < -0.39 is 5.60 Å². The summed E-state index contributed by atoms with van der Waals surface area (Å²) in [5, 5.41) is 6.28. The summed E-state index contributed by atoms with van der Waals surface area (Å²) < 4.78 is 1.62. The van der Waals surface area contributed by atoms with Gasteiger partial charge in [0.15, 0.2) is 15.2 Å². The van der Waals surface area contributed by atoms with Gasteiger partial charge in [-0.15, -0.1) is 22.7 Å². The number of fused-ring (bicyclic) bond motifs is 1. The quantitative estimate of drug-likeness (QED) is 0.0878. The maximum absolute atomic E-state index is 13.8. The number of hydrogen-bond acceptors (Lipinski definition) is 9. The Balaban J connectivity index is 1.48. The lowest BCUT2D eigenvalue weighted by molar-refractivity contribution is -0.105. The number of carbonyl (C=O) groups excluding carboxylic acids is 1. The fraction of sp³-hybridized carbons (Fsp3) is 0.0323. The molecule has 0 aliphatic rings. The summed E-state index contributed by atoms with van der Waals surface area (Å²) in [6, 6.07) is 37.3. The molecule has 6 rings (SSSR count). The molecule has 196 valence electrons. The fourth-order valence-electron chi connectivity index (χ4n) is 4.40. The van der Waals surface area contributed by atoms with Gasteiger partial charge in [0.2, 0.25) is 10.7 Å². The van der Waals surface area contributed by atoms with Gasteiger partial charge in [0.05, 0.1) is 10.2 Å². The third kappa shape index (κ3) is 5.14. The van der Waals surface area contributed by atoms with Crippen LogP contribution in [0.25, 0.3) is 10.2 Å². The first-order chi connectivity index (χ1) is 19.6. The molecule has 0 fully saturated rings. The number of rotatable bonds is 8. The van der Waals surface area contributed by atoms with Gasteiger partial charge in [-0.05, 0) is 23.9 Å². The molecule has 9 heteroatoms. The van der Waals surface area contributed by atoms with Gasteiger partial charge in [-0.25, -0.2) is 9.97 Å². The maximum atomic E-state index is 13.8. The molecule has 0 radical (unpaired) electrons. The van der Waals surface area contributed by atoms with E-state index in [-0.39, 0.29) is 10.8 Å². The van der Waals surface area contributed by atoms with E-state index >= 15 is 0 Å². The Kier molecular flexibility index (Phi) is 7.41. The molecule has 6 aromatic rings. The molecule has 0 saturated carbocycles. The molecule has 0 amide bonds. The molecule has 4 aromatic carbocycles. The van der Waals surface area contributed by atoms with Gasteiger partial charge in [0.25, 0.3) is 0 Å². The van der Waals surface area contributed by atoms with Crippen LogP contribution in [0.15, 0.2) is 130 Å². The van der Waals surface area contributed by atoms with E-state index in [1.807, 2.05) is 115 Å². The standard InChI is InChI=1S/C31H22N4O2S3/c32-29-33-25(20-38-29)27(28(36)40-30-34-24-18-10-11-19-26(24)39-30)35-37-31(21-12-4-1-5-13-21,22-14-6-2-7-15-22)23-16-8-3-9-17-23/h1-20H,(H2,32,33)/b35-27+. The second-order valence-electron chi connectivity index (χ2n) is 8.72. The van der Waals surface area contributed by atoms with Crippen LogP contribution in [0.3, 0.4) is 0 Å². The van der Waals surface area contributed by atoms with Crippen LogP contribution in [-0.4, -0.2) is 20.8 Å². The summed E-state index contributed by atoms with van der Waals surface area (Å²) >= 11 is 3.69. The Labute approximate surface area is 243 Å². The summed E-state index contributed by atoms with van der Waals surface area (Å²) in [7, 11) is 0. The van der Waals surface area contributed by atoms with Crippen molar-refractivity contribution >= 4 is 60.6 Å². The average molecular weight is 579 g/mol. The largest absolute Gasteiger partial charge is 0.375 e. The number of para-hydroxylation sites is 1. The second kappa shape index (κ2) is 11.4. The molecule has 2 heterocycles. The molecule has 0 unspecified atom stereocenters. The normalized spacial score (nSPS) is 11.9. The zero-order chi connectivity index (χ0) is 27.4. The zero-order valence-corrected chi connectivity index (χ0v) is 23.5. The van der Waals surface area contributed by atoms with Crippen molar-refractivity contribution in [2.75, 3.05) is 5.73 Å². The molecule has 2 N–H and O–H groups in total. The summed E-state index contributed by atoms with van der Waals surface area (Å²) in [6.07, 6.45) is 0. The number of thiazole rings is 2. The lowest BCUT2D eigenvalue weighted by atomic mass is 9.80. The molecule has 0 spiro atoms. The van der Waals surface area contributed by atoms with Crippen LogP contribution in [0.5, 0.6) is 0 Å². The third-order valence-electron chi connectivity index (χ3n) is 6.23. The van der Waals surface area contributed by atoms with Crippen molar-refractivity contribution in [3.63, 3.8) is 0 Å². The number of benzene rings is 4. The Bertz CT molecular complexity index is 1660. The maximum Gasteiger partial charge on any atom is 0.250 e. The minimum atomic E-state index is -1.14. The number of anilines is 1. The SMILES string of the molecule is Nc1nc(/C(=N\OC(c2ccccc2)(c2ccccc2)c2ccccc2)C(=O)Sc2nc3ccccc3s2)cs1. The Hall–Kier alpha value is -4.31. The van der Waals surface area contributed by atoms with E-state index in [9.17, 15) is 4.79 Å². The summed E-state index contributed by atoms with van der Waals surface area (Å²) in [5.41, 5.74) is 8.65. The van der Waals surface area contributed by atoms with Crippen LogP contribution in [0.2, 0.25) is 0 Å². The van der Waals surface area contributed by atoms with Gasteiger partial charge in [0.1, 0.15) is 5.69 Å². The average Bonchev–Trinajstić information content (AvgIpc) is 3.62. The van der Waals surface area contributed by atoms with Crippen molar-refractivity contribution in [2.45, 2.75) is 9.94 Å². The van der Waals surface area contributed by atoms with Gasteiger partial charge in [-0.1, -0.05) is 108 Å². The lowest BCUT2D eigenvalue weighted by Gasteiger charge is -2.33. The summed E-state index contributed by atoms with van der Waals surface area (Å²) in [5.74, 6) is 0. The number of oxime groups is 1. The number of nitrogens with zero attached hydrogens (tertiary/aromatic N) is 3. The second-order valence-corrected chi connectivity index (χ2v) is 11.9. The number of nitrogen functional groups attached to an aromatic ring is 1. The molecule has 0 saturated heterocycles. The first-order valence-corrected chi connectivity index (χ1v) is 14.9. The van der Waals surface area contributed by atoms with E-state index in [1.54, 1.807) is 5.38 Å². The Morgan fingerprint density at radius 2 is 1.32 bits per heavy atom. The Morgan fingerprint density at radius 1 is 0.775 bits per heavy atom. The minimum Gasteiger partial charge on any atom is -0.375 e. The van der Waals surface area contributed by atoms with Crippen LogP contribution in [-0.2, 0) is 15.2 Å². The van der Waals surface area contributed by atoms with E-state index in [0.717, 1.165) is 38.7 Å². The van der Waals surface area contributed by atoms with Gasteiger partial charge >= 0.3 is 0 Å². The predicted octanol–water partition coefficient (Wildman–Crippen LogP) is 7.37. The predicted molar refractivity (Wildman–Crippen MR) is 164 cm³/mol. The minimum absolute atomic E-state index is 0.0596. The summed E-state index contributed by atoms with van der Waals surface area (Å²) in [6.45, 7) is 0. The molecule has 0 bridgehead atoms. The van der Waals surface area contributed by atoms with E-state index in [1.165, 1.54) is 22.7 Å². The van der Waals surface area contributed by atoms with Crippen LogP contribution in [0, 0.1) is 0 Å². The Morgan fingerprint density at radius 3 is 1.85 bits per heavy atom. The van der Waals surface area contributed by atoms with E-state index in [4.69, 9.17) is 10.6 Å². The number of carbonyl (C=O) groups is 1. The van der Waals surface area contributed by atoms with Crippen LogP contribution < -0.4 is 5.73 Å². The lowest BCUT2D eigenvalue weighted by Crippen LogP contribution is -2.32. The molecule has 2 aromatic heterocycles. The molecule has 6 nitrogen and oxygen atoms in total. The highest BCUT2D eigenvalue weighted by Gasteiger charge is 2.40. The first kappa shape index (κ1) is 25.9. The molecule has 0 aliphatic carbocycles. The van der Waals surface area contributed by atoms with Crippen molar-refractivity contribution in [3.05, 3.63) is 143 Å². The van der Waals surface area contributed by atoms with Gasteiger partial charge in [0, 0.05) is 22.1 Å². The molecule has 0 aliphatic heterocycles. The van der Waals surface area contributed by atoms with Gasteiger partial charge < -0.3 is 10.6 Å². The number of aromatic nitrogens is 2. The van der Waals surface area contributed by atoms with E-state index in [0.29, 0.717) is 15.2 Å². The van der Waals surface area contributed by atoms with Crippen molar-refractivity contribution in [3.8, 4) is 0 Å². The topological polar surface area (TPSA) is 90.5 Å². The summed E-state index contributed by atoms with van der Waals surface area (Å²) in [4.78, 5) is 29.3. The number of nitrogens with two attached hydrogens (primary N) is 1. The van der Waals surface area contributed by atoms with Crippen molar-refractivity contribution < 1.29 is 9.63 Å². The van der Waals surface area contributed by atoms with Crippen LogP contribution >= 0.6 is 34.4 Å². The van der Waals surface area contributed by atoms with Crippen LogP contribution in [0.4, 0.5) is 5.13 Å². The van der Waals surface area contributed by atoms with Gasteiger partial charge in [-0.3, -0.25) is 4.79 Å². The highest BCUT2D eigenvalue weighted by molar-refractivity contribution is 8.16. The monoisotopic (exact) mass is 578 g/mol. The van der Waals surface area contributed by atoms with Crippen molar-refractivity contribution in [2.24, 2.45) is 5.16 Å². The van der Waals surface area contributed by atoms with Crippen LogP contribution in [0.1, 0.15) is 22.4 Å². The van der Waals surface area contributed by atoms with Crippen molar-refractivity contribution in [1.82, 2.24) is 9.97 Å². The fourth-order valence-corrected chi connectivity index (χ4v) is 6.85. The highest BCUT2D eigenvalue weighted by Crippen LogP contribution is 2.41. The molecule has 0 atom stereocenters. The van der Waals surface area contributed by atoms with E-state index in [2.05, 4.69) is 15.1 Å².